The van der Waals surface area contributed by atoms with E-state index in [2.05, 4.69) is 60.7 Å². The van der Waals surface area contributed by atoms with Crippen LogP contribution in [0.2, 0.25) is 0 Å². The van der Waals surface area contributed by atoms with Crippen molar-refractivity contribution >= 4 is 76.0 Å². The van der Waals surface area contributed by atoms with E-state index in [4.69, 9.17) is 11.5 Å². The number of anilines is 2. The maximum Gasteiger partial charge on any atom is 0.0400 e. The zero-order valence-corrected chi connectivity index (χ0v) is 13.9. The Hall–Kier alpha value is -3.52. The van der Waals surface area contributed by atoms with Crippen LogP contribution in [0.1, 0.15) is 0 Å². The van der Waals surface area contributed by atoms with E-state index in [1.165, 1.54) is 53.9 Å². The number of rotatable bonds is 0. The molecule has 0 aromatic heterocycles. The Morgan fingerprint density at radius 2 is 0.731 bits per heavy atom. The highest BCUT2D eigenvalue weighted by Gasteiger charge is 2.21. The van der Waals surface area contributed by atoms with Gasteiger partial charge in [0.1, 0.15) is 0 Å². The van der Waals surface area contributed by atoms with Crippen LogP contribution in [0.3, 0.4) is 0 Å². The first-order valence-electron chi connectivity index (χ1n) is 8.87. The Morgan fingerprint density at radius 3 is 1.19 bits per heavy atom. The second kappa shape index (κ2) is 3.83. The molecule has 0 aliphatic rings. The molecule has 0 amide bonds. The molecule has 0 bridgehead atoms. The van der Waals surface area contributed by atoms with E-state index in [0.29, 0.717) is 0 Å². The van der Waals surface area contributed by atoms with Gasteiger partial charge in [0, 0.05) is 32.9 Å². The molecule has 0 radical (unpaired) electrons. The molecule has 2 heteroatoms. The molecule has 7 rings (SSSR count). The summed E-state index contributed by atoms with van der Waals surface area (Å²) < 4.78 is 0. The average molecular weight is 330 g/mol. The highest BCUT2D eigenvalue weighted by atomic mass is 14.6. The maximum atomic E-state index is 6.45. The quantitative estimate of drug-likeness (QED) is 0.201. The standard InChI is InChI=1S/C24H14N2/c25-17-9-13-3-1-11-5-7-15-18(26)10-14-4-2-12-6-8-16(17)24-20(12)22(14)23(15)19(11)21(13)24/h1-10H,25-26H2. The zero-order valence-electron chi connectivity index (χ0n) is 13.9. The summed E-state index contributed by atoms with van der Waals surface area (Å²) >= 11 is 0. The summed E-state index contributed by atoms with van der Waals surface area (Å²) in [6.07, 6.45) is 0. The van der Waals surface area contributed by atoms with E-state index >= 15 is 0 Å². The van der Waals surface area contributed by atoms with Gasteiger partial charge >= 0.3 is 0 Å². The molecule has 0 unspecified atom stereocenters. The van der Waals surface area contributed by atoms with Gasteiger partial charge in [0.15, 0.2) is 0 Å². The Morgan fingerprint density at radius 1 is 0.385 bits per heavy atom. The van der Waals surface area contributed by atoms with Crippen molar-refractivity contribution in [1.82, 2.24) is 0 Å². The van der Waals surface area contributed by atoms with Crippen LogP contribution in [0.5, 0.6) is 0 Å². The largest absolute Gasteiger partial charge is 0.398 e. The van der Waals surface area contributed by atoms with Crippen molar-refractivity contribution in [2.75, 3.05) is 11.5 Å². The first kappa shape index (κ1) is 12.8. The minimum Gasteiger partial charge on any atom is -0.398 e. The summed E-state index contributed by atoms with van der Waals surface area (Å²) in [5, 5.41) is 15.0. The number of nitrogen functional groups attached to an aromatic ring is 2. The van der Waals surface area contributed by atoms with Gasteiger partial charge < -0.3 is 11.5 Å². The van der Waals surface area contributed by atoms with Crippen molar-refractivity contribution in [3.63, 3.8) is 0 Å². The van der Waals surface area contributed by atoms with Crippen LogP contribution in [-0.2, 0) is 0 Å². The molecule has 0 aliphatic heterocycles. The van der Waals surface area contributed by atoms with E-state index in [1.807, 2.05) is 0 Å². The lowest BCUT2D eigenvalue weighted by atomic mass is 9.82. The lowest BCUT2D eigenvalue weighted by molar-refractivity contribution is 1.77. The van der Waals surface area contributed by atoms with Gasteiger partial charge in [-0.25, -0.2) is 0 Å². The second-order valence-corrected chi connectivity index (χ2v) is 7.43. The molecule has 7 aromatic carbocycles. The predicted molar refractivity (Wildman–Crippen MR) is 114 cm³/mol. The van der Waals surface area contributed by atoms with Gasteiger partial charge in [-0.15, -0.1) is 0 Å². The van der Waals surface area contributed by atoms with Crippen LogP contribution < -0.4 is 11.5 Å². The van der Waals surface area contributed by atoms with E-state index in [9.17, 15) is 0 Å². The minimum atomic E-state index is 0.844. The number of benzene rings is 7. The predicted octanol–water partition coefficient (Wildman–Crippen LogP) is 6.08. The third-order valence-corrected chi connectivity index (χ3v) is 6.18. The van der Waals surface area contributed by atoms with E-state index in [-0.39, 0.29) is 0 Å². The minimum absolute atomic E-state index is 0.844. The SMILES string of the molecule is Nc1cc2ccc3ccc4c(N)cc5ccc6ccc1c1c6c5c4c3c21. The van der Waals surface area contributed by atoms with E-state index < -0.39 is 0 Å². The molecule has 0 spiro atoms. The van der Waals surface area contributed by atoms with Gasteiger partial charge in [-0.05, 0) is 55.2 Å². The molecule has 0 aliphatic carbocycles. The third kappa shape index (κ3) is 1.20. The van der Waals surface area contributed by atoms with Crippen molar-refractivity contribution in [2.24, 2.45) is 0 Å². The summed E-state index contributed by atoms with van der Waals surface area (Å²) in [5.74, 6) is 0. The summed E-state index contributed by atoms with van der Waals surface area (Å²) in [6, 6.07) is 21.7. The van der Waals surface area contributed by atoms with Gasteiger partial charge in [0.2, 0.25) is 0 Å². The molecule has 120 valence electrons. The Labute approximate surface area is 148 Å². The molecule has 26 heavy (non-hydrogen) atoms. The third-order valence-electron chi connectivity index (χ3n) is 6.18. The van der Waals surface area contributed by atoms with Crippen molar-refractivity contribution in [3.8, 4) is 0 Å². The smallest absolute Gasteiger partial charge is 0.0400 e. The second-order valence-electron chi connectivity index (χ2n) is 7.43. The first-order valence-corrected chi connectivity index (χ1v) is 8.87. The summed E-state index contributed by atoms with van der Waals surface area (Å²) in [6.45, 7) is 0. The Bertz CT molecular complexity index is 1500. The van der Waals surface area contributed by atoms with Gasteiger partial charge in [-0.3, -0.25) is 0 Å². The van der Waals surface area contributed by atoms with E-state index in [1.54, 1.807) is 0 Å². The fourth-order valence-electron chi connectivity index (χ4n) is 5.14. The van der Waals surface area contributed by atoms with Crippen LogP contribution in [0, 0.1) is 0 Å². The van der Waals surface area contributed by atoms with Crippen LogP contribution in [0.4, 0.5) is 11.4 Å². The highest BCUT2D eigenvalue weighted by molar-refractivity contribution is 6.46. The molecule has 4 N–H and O–H groups in total. The topological polar surface area (TPSA) is 52.0 Å². The molecule has 0 atom stereocenters. The van der Waals surface area contributed by atoms with E-state index in [0.717, 1.165) is 22.1 Å². The van der Waals surface area contributed by atoms with Gasteiger partial charge in [0.25, 0.3) is 0 Å². The molecular weight excluding hydrogens is 316 g/mol. The Balaban J connectivity index is 2.09. The molecular formula is C24H14N2. The molecule has 0 saturated carbocycles. The van der Waals surface area contributed by atoms with Crippen molar-refractivity contribution in [2.45, 2.75) is 0 Å². The lowest BCUT2D eigenvalue weighted by Gasteiger charge is -2.21. The number of hydrogen-bond donors (Lipinski definition) is 2. The van der Waals surface area contributed by atoms with Crippen LogP contribution in [0.25, 0.3) is 64.6 Å². The zero-order chi connectivity index (χ0) is 17.2. The van der Waals surface area contributed by atoms with Crippen molar-refractivity contribution < 1.29 is 0 Å². The van der Waals surface area contributed by atoms with Crippen LogP contribution >= 0.6 is 0 Å². The monoisotopic (exact) mass is 330 g/mol. The lowest BCUT2D eigenvalue weighted by Crippen LogP contribution is -1.97. The van der Waals surface area contributed by atoms with Crippen molar-refractivity contribution in [3.05, 3.63) is 60.7 Å². The maximum absolute atomic E-state index is 6.45. The summed E-state index contributed by atoms with van der Waals surface area (Å²) in [7, 11) is 0. The molecule has 0 saturated heterocycles. The highest BCUT2D eigenvalue weighted by Crippen LogP contribution is 2.50. The van der Waals surface area contributed by atoms with Crippen molar-refractivity contribution in [1.29, 1.82) is 0 Å². The van der Waals surface area contributed by atoms with Gasteiger partial charge in [0.05, 0.1) is 0 Å². The Kier molecular flexibility index (Phi) is 1.89. The van der Waals surface area contributed by atoms with Crippen LogP contribution in [0.15, 0.2) is 60.7 Å². The molecule has 0 fully saturated rings. The number of nitrogens with two attached hydrogens (primary N) is 2. The number of hydrogen-bond acceptors (Lipinski definition) is 2. The first-order chi connectivity index (χ1) is 12.7. The molecule has 2 nitrogen and oxygen atoms in total. The molecule has 0 heterocycles. The fraction of sp³-hybridized carbons (Fsp3) is 0. The summed E-state index contributed by atoms with van der Waals surface area (Å²) in [4.78, 5) is 0. The molecule has 7 aromatic rings. The average Bonchev–Trinajstić information content (AvgIpc) is 2.66. The van der Waals surface area contributed by atoms with Gasteiger partial charge in [-0.1, -0.05) is 48.5 Å². The fourth-order valence-corrected chi connectivity index (χ4v) is 5.14. The van der Waals surface area contributed by atoms with Crippen LogP contribution in [-0.4, -0.2) is 0 Å². The van der Waals surface area contributed by atoms with Gasteiger partial charge in [-0.2, -0.15) is 0 Å². The summed E-state index contributed by atoms with van der Waals surface area (Å²) in [5.41, 5.74) is 14.6. The normalized spacial score (nSPS) is 12.9.